The van der Waals surface area contributed by atoms with Crippen molar-refractivity contribution in [1.29, 1.82) is 0 Å². The Morgan fingerprint density at radius 2 is 0.302 bits per heavy atom. The van der Waals surface area contributed by atoms with Gasteiger partial charge in [0.15, 0.2) is 0 Å². The van der Waals surface area contributed by atoms with Crippen molar-refractivity contribution in [2.45, 2.75) is 346 Å². The lowest BCUT2D eigenvalue weighted by molar-refractivity contribution is 0.0218. The van der Waals surface area contributed by atoms with E-state index in [0.717, 1.165) is 150 Å². The molecule has 0 rings (SSSR count). The van der Waals surface area contributed by atoms with Gasteiger partial charge in [-0.3, -0.25) is 0 Å². The molecule has 0 aromatic carbocycles. The summed E-state index contributed by atoms with van der Waals surface area (Å²) >= 11 is 0. The Hall–Kier alpha value is -0.800. The van der Waals surface area contributed by atoms with Crippen LogP contribution in [0.4, 0.5) is 0 Å². The molecule has 1 atom stereocenters. The van der Waals surface area contributed by atoms with Crippen molar-refractivity contribution < 1.29 is 94.7 Å². The number of methoxy groups -OCH3 is 20. The first-order chi connectivity index (χ1) is 51.8. The number of hydrogen-bond donors (Lipinski definition) is 0. The van der Waals surface area contributed by atoms with Crippen molar-refractivity contribution in [2.75, 3.05) is 221 Å². The molecule has 0 aromatic rings. The molecule has 1 unspecified atom stereocenters. The Kier molecular flexibility index (Phi) is 134. The van der Waals surface area contributed by atoms with Crippen LogP contribution in [0.1, 0.15) is 297 Å². The molecule has 0 saturated heterocycles. The standard InChI is InChI=1S/2C14H30O3.C12H26O3.2C10H22O3.C10H22O.C8H18O3.C8H18O/c2*1-15-12-8-4-6-10-14(17-3)11-7-5-9-13-16-2;1-13-10-6-4-8-12(15-3)9-5-7-11-14-2;1-11-8-4-6-10(13-3)7-5-9-12-2;1-11-8-6-4-5-7-10(13-3)9-12-2;1-4-6-8-10(11-3)9-7-5-2;1-9-6-4-8(11-3)5-7-10-2;1-4-6-8(9-3)7-5-2/h2*14H,4-13H2,1-3H3;12H,4-11H2,1-3H3;2*10H,4-9H2,1-3H3;10H,4-9H2,1-3H3;8H,4-7H2,1-3H3;8H,4-7H2,1-3H3. The number of hydrogen-bond acceptors (Lipinski definition) is 20. The Bertz CT molecular complexity index is 1250. The van der Waals surface area contributed by atoms with Crippen LogP contribution in [0.2, 0.25) is 0 Å². The van der Waals surface area contributed by atoms with Crippen molar-refractivity contribution in [3.05, 3.63) is 0 Å². The fourth-order valence-corrected chi connectivity index (χ4v) is 11.2. The van der Waals surface area contributed by atoms with E-state index >= 15 is 0 Å². The van der Waals surface area contributed by atoms with E-state index in [1.54, 1.807) is 121 Å². The van der Waals surface area contributed by atoms with Gasteiger partial charge in [0.05, 0.1) is 55.4 Å². The highest BCUT2D eigenvalue weighted by atomic mass is 16.5. The Morgan fingerprint density at radius 1 is 0.132 bits per heavy atom. The summed E-state index contributed by atoms with van der Waals surface area (Å²) in [7, 11) is 35.2. The Labute approximate surface area is 659 Å². The molecule has 0 fully saturated rings. The molecule has 652 valence electrons. The summed E-state index contributed by atoms with van der Waals surface area (Å²) in [6.45, 7) is 18.8. The minimum atomic E-state index is 0.257. The monoisotopic (exact) mass is 1540 g/mol. The Morgan fingerprint density at radius 3 is 0.500 bits per heavy atom. The van der Waals surface area contributed by atoms with Gasteiger partial charge in [-0.25, -0.2) is 0 Å². The molecular weight excluding hydrogens is 1350 g/mol. The normalized spacial score (nSPS) is 11.3. The molecule has 20 nitrogen and oxygen atoms in total. The largest absolute Gasteiger partial charge is 0.385 e. The third-order valence-electron chi connectivity index (χ3n) is 18.2. The van der Waals surface area contributed by atoms with Crippen molar-refractivity contribution in [3.63, 3.8) is 0 Å². The highest BCUT2D eigenvalue weighted by Gasteiger charge is 2.12. The zero-order valence-corrected chi connectivity index (χ0v) is 75.0. The molecule has 0 aliphatic heterocycles. The van der Waals surface area contributed by atoms with Gasteiger partial charge in [0.1, 0.15) is 0 Å². The molecule has 0 saturated carbocycles. The summed E-state index contributed by atoms with van der Waals surface area (Å²) < 4.78 is 103. The summed E-state index contributed by atoms with van der Waals surface area (Å²) in [5.74, 6) is 0. The summed E-state index contributed by atoms with van der Waals surface area (Å²) in [5, 5.41) is 0. The molecule has 0 amide bonds. The molecule has 0 spiro atoms. The summed E-state index contributed by atoms with van der Waals surface area (Å²) in [5.41, 5.74) is 0. The van der Waals surface area contributed by atoms with Crippen LogP contribution in [0.25, 0.3) is 0 Å². The highest BCUT2D eigenvalue weighted by Crippen LogP contribution is 2.18. The van der Waals surface area contributed by atoms with Crippen molar-refractivity contribution in [3.8, 4) is 0 Å². The molecule has 0 aliphatic rings. The second-order valence-electron chi connectivity index (χ2n) is 27.2. The van der Waals surface area contributed by atoms with Crippen molar-refractivity contribution in [1.82, 2.24) is 0 Å². The first kappa shape index (κ1) is 121. The van der Waals surface area contributed by atoms with Crippen LogP contribution in [-0.4, -0.2) is 270 Å². The SMILES string of the molecule is CCCC(CCC)OC.CCCCC(CCCC)OC.COCCC(CCOC)OC.COCCCC(CCCOC)OC.COCCCCC(CCCCOC)OC.COCCCCCC(CCCCCOC)OC.COCCCCCC(CCCCCOC)OC.COCCCCCC(COC)OC. The molecule has 0 heterocycles. The topological polar surface area (TPSA) is 185 Å². The van der Waals surface area contributed by atoms with Gasteiger partial charge in [0.25, 0.3) is 0 Å². The van der Waals surface area contributed by atoms with Crippen LogP contribution in [-0.2, 0) is 94.7 Å². The van der Waals surface area contributed by atoms with Gasteiger partial charge in [-0.1, -0.05) is 130 Å². The third-order valence-corrected chi connectivity index (χ3v) is 18.2. The highest BCUT2D eigenvalue weighted by molar-refractivity contribution is 4.64. The Balaban J connectivity index is -0.000000174. The van der Waals surface area contributed by atoms with E-state index in [0.29, 0.717) is 43.2 Å². The average molecular weight is 1540 g/mol. The molecule has 0 radical (unpaired) electrons. The summed E-state index contributed by atoms with van der Waals surface area (Å²) in [6, 6.07) is 0. The van der Waals surface area contributed by atoms with Gasteiger partial charge >= 0.3 is 0 Å². The van der Waals surface area contributed by atoms with Gasteiger partial charge < -0.3 is 94.7 Å². The molecule has 0 aromatic heterocycles. The molecule has 0 aliphatic carbocycles. The maximum atomic E-state index is 5.50. The second kappa shape index (κ2) is 117. The zero-order chi connectivity index (χ0) is 80.9. The summed E-state index contributed by atoms with van der Waals surface area (Å²) in [6.07, 6.45) is 52.9. The molecule has 20 heteroatoms. The predicted molar refractivity (Wildman–Crippen MR) is 445 cm³/mol. The first-order valence-electron chi connectivity index (χ1n) is 41.9. The second-order valence-corrected chi connectivity index (χ2v) is 27.2. The number of rotatable bonds is 74. The summed E-state index contributed by atoms with van der Waals surface area (Å²) in [4.78, 5) is 0. The maximum absolute atomic E-state index is 5.50. The van der Waals surface area contributed by atoms with Gasteiger partial charge in [0.2, 0.25) is 0 Å². The quantitative estimate of drug-likeness (QED) is 0.0523. The smallest absolute Gasteiger partial charge is 0.0804 e. The predicted octanol–water partition coefficient (Wildman–Crippen LogP) is 20.2. The van der Waals surface area contributed by atoms with E-state index in [-0.39, 0.29) is 12.2 Å². The number of ether oxygens (including phenoxy) is 20. The van der Waals surface area contributed by atoms with E-state index in [2.05, 4.69) is 27.7 Å². The zero-order valence-electron chi connectivity index (χ0n) is 75.0. The van der Waals surface area contributed by atoms with Crippen LogP contribution >= 0.6 is 0 Å². The van der Waals surface area contributed by atoms with Gasteiger partial charge in [-0.15, -0.1) is 0 Å². The lowest BCUT2D eigenvalue weighted by atomic mass is 10.0. The minimum Gasteiger partial charge on any atom is -0.385 e. The van der Waals surface area contributed by atoms with E-state index in [1.807, 2.05) is 21.3 Å². The molecule has 0 N–H and O–H groups in total. The maximum Gasteiger partial charge on any atom is 0.0804 e. The van der Waals surface area contributed by atoms with Gasteiger partial charge in [0, 0.05) is 215 Å². The van der Waals surface area contributed by atoms with Crippen molar-refractivity contribution in [2.24, 2.45) is 0 Å². The fraction of sp³-hybridized carbons (Fsp3) is 1.00. The van der Waals surface area contributed by atoms with Crippen LogP contribution in [0.3, 0.4) is 0 Å². The molecule has 106 heavy (non-hydrogen) atoms. The van der Waals surface area contributed by atoms with Crippen LogP contribution in [0.15, 0.2) is 0 Å². The van der Waals surface area contributed by atoms with Crippen molar-refractivity contribution >= 4 is 0 Å². The third kappa shape index (κ3) is 114. The molecule has 0 bridgehead atoms. The van der Waals surface area contributed by atoms with Crippen LogP contribution in [0, 0.1) is 0 Å². The fourth-order valence-electron chi connectivity index (χ4n) is 11.2. The van der Waals surface area contributed by atoms with E-state index in [4.69, 9.17) is 94.7 Å². The molecular formula is C86H188O20. The average Bonchev–Trinajstić information content (AvgIpc) is 1.67. The lowest BCUT2D eigenvalue weighted by Gasteiger charge is -2.14. The van der Waals surface area contributed by atoms with E-state index in [1.165, 1.54) is 193 Å². The first-order valence-corrected chi connectivity index (χ1v) is 41.9. The van der Waals surface area contributed by atoms with Gasteiger partial charge in [-0.2, -0.15) is 0 Å². The van der Waals surface area contributed by atoms with Gasteiger partial charge in [-0.05, 0) is 167 Å². The number of unbranched alkanes of at least 4 members (excludes halogenated alkanes) is 14. The van der Waals surface area contributed by atoms with Crippen LogP contribution in [0.5, 0.6) is 0 Å². The van der Waals surface area contributed by atoms with E-state index in [9.17, 15) is 0 Å². The lowest BCUT2D eigenvalue weighted by Crippen LogP contribution is -2.16. The van der Waals surface area contributed by atoms with E-state index < -0.39 is 0 Å². The minimum absolute atomic E-state index is 0.257. The van der Waals surface area contributed by atoms with Crippen LogP contribution < -0.4 is 0 Å².